The number of amides is 1. The minimum absolute atomic E-state index is 0.00904. The Morgan fingerprint density at radius 3 is 2.57 bits per heavy atom. The molecule has 2 aliphatic heterocycles. The summed E-state index contributed by atoms with van der Waals surface area (Å²) in [5.41, 5.74) is -0.719. The molecule has 1 aliphatic carbocycles. The molecule has 7 nitrogen and oxygen atoms in total. The summed E-state index contributed by atoms with van der Waals surface area (Å²) in [6.45, 7) is 5.77. The van der Waals surface area contributed by atoms with E-state index >= 15 is 0 Å². The molecule has 1 saturated carbocycles. The second-order valence-corrected chi connectivity index (χ2v) is 10.2. The third-order valence-corrected chi connectivity index (χ3v) is 7.90. The molecule has 2 atom stereocenters. The van der Waals surface area contributed by atoms with E-state index in [4.69, 9.17) is 4.74 Å². The van der Waals surface area contributed by atoms with Crippen LogP contribution in [-0.4, -0.2) is 55.7 Å². The summed E-state index contributed by atoms with van der Waals surface area (Å²) in [7, 11) is 2.14. The molecule has 1 amide bonds. The SMILES string of the molecule is CC(C)[C@]1(C(=O)NCc2cc(C3=NCN=N3)cc(C(F)(F)F)c2)CC[C@@H](N(C)C2CCOCC2)C1. The Balaban J connectivity index is 1.48. The lowest BCUT2D eigenvalue weighted by atomic mass is 9.74. The predicted octanol–water partition coefficient (Wildman–Crippen LogP) is 4.80. The second kappa shape index (κ2) is 10.3. The smallest absolute Gasteiger partial charge is 0.381 e. The Bertz CT molecular complexity index is 988. The number of nitrogens with zero attached hydrogens (tertiary/aromatic N) is 4. The number of aliphatic imine (C=N–C) groups is 1. The minimum atomic E-state index is -4.52. The van der Waals surface area contributed by atoms with E-state index in [0.717, 1.165) is 57.5 Å². The highest BCUT2D eigenvalue weighted by atomic mass is 19.4. The summed E-state index contributed by atoms with van der Waals surface area (Å²) in [6, 6.07) is 4.46. The van der Waals surface area contributed by atoms with Crippen molar-refractivity contribution in [2.75, 3.05) is 26.9 Å². The number of halogens is 3. The van der Waals surface area contributed by atoms with Gasteiger partial charge in [-0.05, 0) is 68.8 Å². The van der Waals surface area contributed by atoms with Crippen LogP contribution in [0.5, 0.6) is 0 Å². The van der Waals surface area contributed by atoms with Crippen molar-refractivity contribution in [2.45, 2.75) is 70.8 Å². The number of carbonyl (C=O) groups is 1. The molecule has 1 aromatic carbocycles. The van der Waals surface area contributed by atoms with Crippen LogP contribution in [-0.2, 0) is 22.3 Å². The van der Waals surface area contributed by atoms with Gasteiger partial charge >= 0.3 is 6.18 Å². The molecule has 2 fully saturated rings. The van der Waals surface area contributed by atoms with E-state index in [1.807, 2.05) is 0 Å². The molecule has 3 aliphatic rings. The minimum Gasteiger partial charge on any atom is -0.381 e. The first-order valence-electron chi connectivity index (χ1n) is 12.3. The van der Waals surface area contributed by atoms with Crippen LogP contribution in [0.3, 0.4) is 0 Å². The van der Waals surface area contributed by atoms with Gasteiger partial charge in [-0.1, -0.05) is 13.8 Å². The highest BCUT2D eigenvalue weighted by Gasteiger charge is 2.49. The summed E-state index contributed by atoms with van der Waals surface area (Å²) >= 11 is 0. The topological polar surface area (TPSA) is 78.7 Å². The van der Waals surface area contributed by atoms with Crippen LogP contribution in [0.1, 0.15) is 62.6 Å². The number of amidine groups is 1. The molecule has 35 heavy (non-hydrogen) atoms. The van der Waals surface area contributed by atoms with Gasteiger partial charge in [-0.3, -0.25) is 4.79 Å². The average Bonchev–Trinajstić information content (AvgIpc) is 3.53. The molecular formula is C25H34F3N5O2. The standard InChI is InChI=1S/C25H34F3N5O2/c1-16(2)24(7-4-21(13-24)33(3)20-5-8-35-9-6-20)23(34)29-14-17-10-18(22-30-15-31-32-22)12-19(11-17)25(26,27)28/h10-12,16,20-21H,4-9,13-15H2,1-3H3,(H,29,34)/t21-,24+/m1/s1. The monoisotopic (exact) mass is 493 g/mol. The molecule has 1 N–H and O–H groups in total. The first-order valence-corrected chi connectivity index (χ1v) is 12.3. The molecule has 192 valence electrons. The maximum atomic E-state index is 13.5. The molecule has 1 saturated heterocycles. The van der Waals surface area contributed by atoms with E-state index in [2.05, 4.69) is 46.3 Å². The third kappa shape index (κ3) is 5.58. The van der Waals surface area contributed by atoms with Gasteiger partial charge in [-0.15, -0.1) is 5.11 Å². The fourth-order valence-electron chi connectivity index (χ4n) is 5.60. The van der Waals surface area contributed by atoms with Gasteiger partial charge in [0.05, 0.1) is 11.0 Å². The molecule has 0 spiro atoms. The molecule has 0 bridgehead atoms. The van der Waals surface area contributed by atoms with Crippen LogP contribution in [0.25, 0.3) is 0 Å². The van der Waals surface area contributed by atoms with Crippen molar-refractivity contribution < 1.29 is 22.7 Å². The van der Waals surface area contributed by atoms with Crippen molar-refractivity contribution in [1.29, 1.82) is 0 Å². The zero-order valence-corrected chi connectivity index (χ0v) is 20.6. The Morgan fingerprint density at radius 2 is 1.94 bits per heavy atom. The van der Waals surface area contributed by atoms with Gasteiger partial charge in [0.15, 0.2) is 12.5 Å². The largest absolute Gasteiger partial charge is 0.416 e. The lowest BCUT2D eigenvalue weighted by Gasteiger charge is -2.37. The van der Waals surface area contributed by atoms with E-state index in [1.54, 1.807) is 6.07 Å². The van der Waals surface area contributed by atoms with Gasteiger partial charge in [0.2, 0.25) is 5.91 Å². The molecule has 4 rings (SSSR count). The van der Waals surface area contributed by atoms with Gasteiger partial charge in [0.1, 0.15) is 0 Å². The predicted molar refractivity (Wildman–Crippen MR) is 126 cm³/mol. The van der Waals surface area contributed by atoms with E-state index in [1.165, 1.54) is 0 Å². The number of ether oxygens (including phenoxy) is 1. The normalized spacial score (nSPS) is 25.5. The van der Waals surface area contributed by atoms with Crippen LogP contribution in [0, 0.1) is 11.3 Å². The van der Waals surface area contributed by atoms with Crippen LogP contribution in [0.15, 0.2) is 33.4 Å². The number of rotatable bonds is 7. The fraction of sp³-hybridized carbons (Fsp3) is 0.680. The number of benzene rings is 1. The van der Waals surface area contributed by atoms with Crippen LogP contribution >= 0.6 is 0 Å². The van der Waals surface area contributed by atoms with Crippen LogP contribution < -0.4 is 5.32 Å². The summed E-state index contributed by atoms with van der Waals surface area (Å²) in [5.74, 6) is 0.199. The molecule has 2 heterocycles. The van der Waals surface area contributed by atoms with Gasteiger partial charge in [-0.25, -0.2) is 4.99 Å². The second-order valence-electron chi connectivity index (χ2n) is 10.2. The number of hydrogen-bond donors (Lipinski definition) is 1. The summed E-state index contributed by atoms with van der Waals surface area (Å²) in [5, 5.41) is 10.5. The van der Waals surface area contributed by atoms with E-state index in [9.17, 15) is 18.0 Å². The highest BCUT2D eigenvalue weighted by molar-refractivity contribution is 6.00. The van der Waals surface area contributed by atoms with Crippen molar-refractivity contribution in [3.63, 3.8) is 0 Å². The van der Waals surface area contributed by atoms with Gasteiger partial charge in [0, 0.05) is 37.4 Å². The van der Waals surface area contributed by atoms with Gasteiger partial charge < -0.3 is 15.0 Å². The van der Waals surface area contributed by atoms with E-state index < -0.39 is 17.2 Å². The number of hydrogen-bond acceptors (Lipinski definition) is 6. The van der Waals surface area contributed by atoms with Crippen molar-refractivity contribution in [3.05, 3.63) is 34.9 Å². The van der Waals surface area contributed by atoms with Crippen molar-refractivity contribution in [1.82, 2.24) is 10.2 Å². The van der Waals surface area contributed by atoms with Crippen molar-refractivity contribution >= 4 is 11.7 Å². The maximum Gasteiger partial charge on any atom is 0.416 e. The lowest BCUT2D eigenvalue weighted by molar-refractivity contribution is -0.137. The van der Waals surface area contributed by atoms with Crippen LogP contribution in [0.4, 0.5) is 13.2 Å². The third-order valence-electron chi connectivity index (χ3n) is 7.90. The highest BCUT2D eigenvalue weighted by Crippen LogP contribution is 2.46. The van der Waals surface area contributed by atoms with Gasteiger partial charge in [0.25, 0.3) is 0 Å². The van der Waals surface area contributed by atoms with E-state index in [-0.39, 0.29) is 36.4 Å². The molecule has 0 radical (unpaired) electrons. The first-order chi connectivity index (χ1) is 16.6. The number of carbonyl (C=O) groups excluding carboxylic acids is 1. The summed E-state index contributed by atoms with van der Waals surface area (Å²) in [6.07, 6.45) is -0.0853. The van der Waals surface area contributed by atoms with Crippen LogP contribution in [0.2, 0.25) is 0 Å². The average molecular weight is 494 g/mol. The Hall–Kier alpha value is -2.33. The summed E-state index contributed by atoms with van der Waals surface area (Å²) in [4.78, 5) is 20.0. The molecule has 0 unspecified atom stereocenters. The van der Waals surface area contributed by atoms with E-state index in [0.29, 0.717) is 17.6 Å². The summed E-state index contributed by atoms with van der Waals surface area (Å²) < 4.78 is 46.1. The number of nitrogens with one attached hydrogen (secondary N) is 1. The Kier molecular flexibility index (Phi) is 7.61. The Labute approximate surface area is 204 Å². The van der Waals surface area contributed by atoms with Crippen molar-refractivity contribution in [3.8, 4) is 0 Å². The number of alkyl halides is 3. The quantitative estimate of drug-likeness (QED) is 0.593. The van der Waals surface area contributed by atoms with Crippen molar-refractivity contribution in [2.24, 2.45) is 26.6 Å². The number of azo groups is 1. The fourth-order valence-corrected chi connectivity index (χ4v) is 5.60. The maximum absolute atomic E-state index is 13.5. The lowest BCUT2D eigenvalue weighted by Crippen LogP contribution is -2.46. The van der Waals surface area contributed by atoms with Gasteiger partial charge in [-0.2, -0.15) is 18.3 Å². The molecule has 1 aromatic rings. The molecular weight excluding hydrogens is 459 g/mol. The molecule has 0 aromatic heterocycles. The first kappa shape index (κ1) is 25.8. The zero-order chi connectivity index (χ0) is 25.2. The zero-order valence-electron chi connectivity index (χ0n) is 20.6. The molecule has 10 heteroatoms. The Morgan fingerprint density at radius 1 is 1.20 bits per heavy atom.